The monoisotopic (exact) mass is 294 g/mol. The van der Waals surface area contributed by atoms with Gasteiger partial charge in [-0.25, -0.2) is 0 Å². The van der Waals surface area contributed by atoms with Crippen molar-refractivity contribution in [2.24, 2.45) is 5.92 Å². The topological polar surface area (TPSA) is 81.5 Å². The third kappa shape index (κ3) is 5.91. The molecule has 0 radical (unpaired) electrons. The molecule has 0 saturated carbocycles. The molecule has 1 rings (SSSR count). The summed E-state index contributed by atoms with van der Waals surface area (Å²) in [6.07, 6.45) is 1.41. The highest BCUT2D eigenvalue weighted by molar-refractivity contribution is 5.75. The summed E-state index contributed by atoms with van der Waals surface area (Å²) in [5.41, 5.74) is 1.07. The second kappa shape index (κ2) is 8.36. The van der Waals surface area contributed by atoms with E-state index >= 15 is 0 Å². The Labute approximate surface area is 124 Å². The minimum atomic E-state index is -0.419. The molecule has 0 fully saturated rings. The quantitative estimate of drug-likeness (QED) is 0.452. The van der Waals surface area contributed by atoms with Crippen LogP contribution in [0.25, 0.3) is 0 Å². The van der Waals surface area contributed by atoms with Crippen molar-refractivity contribution in [3.8, 4) is 0 Å². The zero-order valence-electron chi connectivity index (χ0n) is 12.7. The number of esters is 1. The van der Waals surface area contributed by atoms with Gasteiger partial charge >= 0.3 is 5.97 Å². The van der Waals surface area contributed by atoms with Crippen molar-refractivity contribution in [3.05, 3.63) is 39.9 Å². The third-order valence-corrected chi connectivity index (χ3v) is 3.14. The van der Waals surface area contributed by atoms with Crippen molar-refractivity contribution < 1.29 is 14.5 Å². The van der Waals surface area contributed by atoms with Crippen LogP contribution in [0.1, 0.15) is 25.8 Å². The number of nitrogens with zero attached hydrogens (tertiary/aromatic N) is 1. The van der Waals surface area contributed by atoms with Crippen molar-refractivity contribution in [2.75, 3.05) is 13.7 Å². The lowest BCUT2D eigenvalue weighted by molar-refractivity contribution is -0.384. The maximum atomic E-state index is 11.6. The summed E-state index contributed by atoms with van der Waals surface area (Å²) in [6, 6.07) is 6.13. The van der Waals surface area contributed by atoms with Gasteiger partial charge in [-0.3, -0.25) is 14.9 Å². The van der Waals surface area contributed by atoms with E-state index in [1.165, 1.54) is 19.2 Å². The van der Waals surface area contributed by atoms with Crippen molar-refractivity contribution in [2.45, 2.75) is 32.7 Å². The molecule has 1 unspecified atom stereocenters. The fraction of sp³-hybridized carbons (Fsp3) is 0.533. The van der Waals surface area contributed by atoms with Crippen LogP contribution >= 0.6 is 0 Å². The lowest BCUT2D eigenvalue weighted by atomic mass is 10.0. The van der Waals surface area contributed by atoms with Crippen LogP contribution in [0.15, 0.2) is 24.3 Å². The van der Waals surface area contributed by atoms with Crippen LogP contribution in [-0.4, -0.2) is 30.6 Å². The first-order valence-corrected chi connectivity index (χ1v) is 6.98. The summed E-state index contributed by atoms with van der Waals surface area (Å²) >= 11 is 0. The fourth-order valence-electron chi connectivity index (χ4n) is 2.05. The molecule has 0 aliphatic heterocycles. The largest absolute Gasteiger partial charge is 0.468 e. The molecule has 0 amide bonds. The van der Waals surface area contributed by atoms with Crippen LogP contribution in [0, 0.1) is 16.0 Å². The average molecular weight is 294 g/mol. The maximum absolute atomic E-state index is 11.6. The highest BCUT2D eigenvalue weighted by Crippen LogP contribution is 2.12. The van der Waals surface area contributed by atoms with Gasteiger partial charge in [0.15, 0.2) is 0 Å². The lowest BCUT2D eigenvalue weighted by Gasteiger charge is -2.18. The summed E-state index contributed by atoms with van der Waals surface area (Å²) in [7, 11) is 1.38. The van der Waals surface area contributed by atoms with E-state index < -0.39 is 4.92 Å². The van der Waals surface area contributed by atoms with E-state index in [2.05, 4.69) is 5.32 Å². The molecule has 0 heterocycles. The number of benzene rings is 1. The molecule has 0 aromatic heterocycles. The van der Waals surface area contributed by atoms with E-state index in [9.17, 15) is 14.9 Å². The highest BCUT2D eigenvalue weighted by atomic mass is 16.6. The smallest absolute Gasteiger partial charge is 0.322 e. The zero-order chi connectivity index (χ0) is 15.8. The molecule has 0 bridgehead atoms. The van der Waals surface area contributed by atoms with Crippen LogP contribution in [-0.2, 0) is 16.0 Å². The average Bonchev–Trinajstić information content (AvgIpc) is 2.45. The Morgan fingerprint density at radius 1 is 1.33 bits per heavy atom. The number of non-ortho nitro benzene ring substituents is 1. The number of carbonyl (C=O) groups excluding carboxylic acids is 1. The molecule has 1 atom stereocenters. The fourth-order valence-corrected chi connectivity index (χ4v) is 2.05. The maximum Gasteiger partial charge on any atom is 0.322 e. The molecule has 1 N–H and O–H groups in total. The van der Waals surface area contributed by atoms with Gasteiger partial charge < -0.3 is 10.1 Å². The lowest BCUT2D eigenvalue weighted by Crippen LogP contribution is -2.39. The number of hydrogen-bond donors (Lipinski definition) is 1. The summed E-state index contributed by atoms with van der Waals surface area (Å²) in [6.45, 7) is 4.71. The van der Waals surface area contributed by atoms with Gasteiger partial charge in [0.25, 0.3) is 5.69 Å². The van der Waals surface area contributed by atoms with Crippen LogP contribution in [0.2, 0.25) is 0 Å². The molecule has 1 aromatic rings. The molecule has 1 aromatic carbocycles. The van der Waals surface area contributed by atoms with Gasteiger partial charge in [-0.15, -0.1) is 0 Å². The van der Waals surface area contributed by atoms with E-state index in [1.54, 1.807) is 12.1 Å². The molecule has 0 saturated heterocycles. The normalized spacial score (nSPS) is 12.2. The first-order valence-electron chi connectivity index (χ1n) is 6.98. The van der Waals surface area contributed by atoms with Gasteiger partial charge in [0.05, 0.1) is 12.0 Å². The molecule has 0 spiro atoms. The summed E-state index contributed by atoms with van der Waals surface area (Å²) < 4.78 is 4.78. The van der Waals surface area contributed by atoms with E-state index in [0.29, 0.717) is 25.3 Å². The Bertz CT molecular complexity index is 471. The van der Waals surface area contributed by atoms with Crippen LogP contribution in [0.4, 0.5) is 5.69 Å². The number of carbonyl (C=O) groups is 1. The second-order valence-corrected chi connectivity index (χ2v) is 5.33. The van der Waals surface area contributed by atoms with Crippen LogP contribution < -0.4 is 5.32 Å². The molecular formula is C15H22N2O4. The van der Waals surface area contributed by atoms with Crippen LogP contribution in [0.3, 0.4) is 0 Å². The molecule has 0 aliphatic rings. The number of methoxy groups -OCH3 is 1. The Hall–Kier alpha value is -1.95. The third-order valence-electron chi connectivity index (χ3n) is 3.14. The number of ether oxygens (including phenoxy) is 1. The number of hydrogen-bond acceptors (Lipinski definition) is 5. The predicted molar refractivity (Wildman–Crippen MR) is 80.1 cm³/mol. The Balaban J connectivity index is 2.49. The Morgan fingerprint density at radius 2 is 1.95 bits per heavy atom. The number of nitro groups is 1. The molecule has 0 aliphatic carbocycles. The van der Waals surface area contributed by atoms with Gasteiger partial charge in [-0.1, -0.05) is 26.0 Å². The molecule has 6 nitrogen and oxygen atoms in total. The van der Waals surface area contributed by atoms with Crippen molar-refractivity contribution in [3.63, 3.8) is 0 Å². The van der Waals surface area contributed by atoms with E-state index in [0.717, 1.165) is 5.56 Å². The van der Waals surface area contributed by atoms with Gasteiger partial charge in [0.2, 0.25) is 0 Å². The number of nitro benzene ring substituents is 1. The minimum Gasteiger partial charge on any atom is -0.468 e. The van der Waals surface area contributed by atoms with Gasteiger partial charge in [0, 0.05) is 12.1 Å². The van der Waals surface area contributed by atoms with Crippen molar-refractivity contribution in [1.82, 2.24) is 5.32 Å². The second-order valence-electron chi connectivity index (χ2n) is 5.33. The zero-order valence-corrected chi connectivity index (χ0v) is 12.7. The van der Waals surface area contributed by atoms with E-state index in [-0.39, 0.29) is 17.7 Å². The minimum absolute atomic E-state index is 0.0824. The number of rotatable bonds is 8. The van der Waals surface area contributed by atoms with Gasteiger partial charge in [0.1, 0.15) is 6.04 Å². The van der Waals surface area contributed by atoms with E-state index in [4.69, 9.17) is 4.74 Å². The SMILES string of the molecule is COC(=O)C(CC(C)C)NCCc1ccc([N+](=O)[O-])cc1. The predicted octanol–water partition coefficient (Wildman–Crippen LogP) is 2.31. The Morgan fingerprint density at radius 3 is 2.43 bits per heavy atom. The molecule has 21 heavy (non-hydrogen) atoms. The first-order chi connectivity index (χ1) is 9.93. The molecule has 6 heteroatoms. The molecular weight excluding hydrogens is 272 g/mol. The van der Waals surface area contributed by atoms with Crippen molar-refractivity contribution in [1.29, 1.82) is 0 Å². The summed E-state index contributed by atoms with van der Waals surface area (Å²) in [5, 5.41) is 13.7. The van der Waals surface area contributed by atoms with Gasteiger partial charge in [-0.05, 0) is 30.9 Å². The highest BCUT2D eigenvalue weighted by Gasteiger charge is 2.19. The van der Waals surface area contributed by atoms with Crippen molar-refractivity contribution >= 4 is 11.7 Å². The molecule has 116 valence electrons. The number of nitrogens with one attached hydrogen (secondary N) is 1. The van der Waals surface area contributed by atoms with E-state index in [1.807, 2.05) is 13.8 Å². The summed E-state index contributed by atoms with van der Waals surface area (Å²) in [4.78, 5) is 21.8. The standard InChI is InChI=1S/C15H22N2O4/c1-11(2)10-14(15(18)21-3)16-9-8-12-4-6-13(7-5-12)17(19)20/h4-7,11,14,16H,8-10H2,1-3H3. The first kappa shape index (κ1) is 17.1. The van der Waals surface area contributed by atoms with Crippen LogP contribution in [0.5, 0.6) is 0 Å². The Kier molecular flexibility index (Phi) is 6.81. The summed E-state index contributed by atoms with van der Waals surface area (Å²) in [5.74, 6) is 0.133. The van der Waals surface area contributed by atoms with Gasteiger partial charge in [-0.2, -0.15) is 0 Å².